The number of hydrogen-bond donors (Lipinski definition) is 0. The minimum absolute atomic E-state index is 0.279. The summed E-state index contributed by atoms with van der Waals surface area (Å²) < 4.78 is 0. The lowest BCUT2D eigenvalue weighted by molar-refractivity contribution is -0.132. The minimum atomic E-state index is 0.279. The quantitative estimate of drug-likeness (QED) is 0.674. The number of hydrogen-bond acceptors (Lipinski definition) is 4. The molecule has 29 heavy (non-hydrogen) atoms. The van der Waals surface area contributed by atoms with E-state index in [-0.39, 0.29) is 5.91 Å². The predicted octanol–water partition coefficient (Wildman–Crippen LogP) is 4.60. The molecule has 3 heterocycles. The van der Waals surface area contributed by atoms with E-state index in [0.717, 1.165) is 68.2 Å². The lowest BCUT2D eigenvalue weighted by Crippen LogP contribution is -2.39. The van der Waals surface area contributed by atoms with Crippen LogP contribution in [0, 0.1) is 0 Å². The average Bonchev–Trinajstić information content (AvgIpc) is 2.79. The van der Waals surface area contributed by atoms with Crippen LogP contribution >= 0.6 is 0 Å². The van der Waals surface area contributed by atoms with Crippen molar-refractivity contribution in [3.63, 3.8) is 0 Å². The highest BCUT2D eigenvalue weighted by Crippen LogP contribution is 2.31. The van der Waals surface area contributed by atoms with Crippen LogP contribution in [0.5, 0.6) is 0 Å². The van der Waals surface area contributed by atoms with Gasteiger partial charge in [0, 0.05) is 43.6 Å². The molecule has 1 fully saturated rings. The van der Waals surface area contributed by atoms with E-state index in [4.69, 9.17) is 9.97 Å². The van der Waals surface area contributed by atoms with E-state index in [1.54, 1.807) is 0 Å². The number of carbonyl (C=O) groups excluding carboxylic acids is 1. The summed E-state index contributed by atoms with van der Waals surface area (Å²) >= 11 is 0. The SMILES string of the molecule is CCCCCC(=O)N1CCc2nc(-c3ccccc3)nc(N3CCCCC3)c2C1. The van der Waals surface area contributed by atoms with Gasteiger partial charge in [-0.15, -0.1) is 0 Å². The van der Waals surface area contributed by atoms with E-state index in [2.05, 4.69) is 24.0 Å². The molecule has 1 aromatic heterocycles. The maximum atomic E-state index is 12.7. The molecule has 5 nitrogen and oxygen atoms in total. The number of benzene rings is 1. The summed E-state index contributed by atoms with van der Waals surface area (Å²) in [5.74, 6) is 2.15. The summed E-state index contributed by atoms with van der Waals surface area (Å²) in [5.41, 5.74) is 3.35. The zero-order valence-corrected chi connectivity index (χ0v) is 17.6. The maximum Gasteiger partial charge on any atom is 0.222 e. The van der Waals surface area contributed by atoms with Gasteiger partial charge in [-0.2, -0.15) is 0 Å². The van der Waals surface area contributed by atoms with E-state index in [1.807, 2.05) is 23.1 Å². The van der Waals surface area contributed by atoms with Gasteiger partial charge >= 0.3 is 0 Å². The van der Waals surface area contributed by atoms with Gasteiger partial charge in [0.1, 0.15) is 5.82 Å². The molecule has 1 amide bonds. The molecular weight excluding hydrogens is 360 g/mol. The molecule has 0 aliphatic carbocycles. The first-order chi connectivity index (χ1) is 14.3. The van der Waals surface area contributed by atoms with Crippen molar-refractivity contribution in [2.75, 3.05) is 24.5 Å². The van der Waals surface area contributed by atoms with Gasteiger partial charge in [0.15, 0.2) is 5.82 Å². The van der Waals surface area contributed by atoms with Crippen LogP contribution in [0.15, 0.2) is 30.3 Å². The fourth-order valence-electron chi connectivity index (χ4n) is 4.38. The van der Waals surface area contributed by atoms with E-state index < -0.39 is 0 Å². The summed E-state index contributed by atoms with van der Waals surface area (Å²) in [6.45, 7) is 5.68. The van der Waals surface area contributed by atoms with Gasteiger partial charge in [-0.1, -0.05) is 50.1 Å². The van der Waals surface area contributed by atoms with Crippen LogP contribution in [-0.4, -0.2) is 40.4 Å². The molecule has 2 aliphatic rings. The first kappa shape index (κ1) is 19.9. The minimum Gasteiger partial charge on any atom is -0.356 e. The van der Waals surface area contributed by atoms with E-state index >= 15 is 0 Å². The standard InChI is InChI=1S/C24H32N4O/c1-2-3-6-13-22(29)28-17-14-21-20(18-28)24(27-15-9-5-10-16-27)26-23(25-21)19-11-7-4-8-12-19/h4,7-8,11-12H,2-3,5-6,9-10,13-18H2,1H3. The van der Waals surface area contributed by atoms with Crippen LogP contribution in [0.1, 0.15) is 63.1 Å². The fraction of sp³-hybridized carbons (Fsp3) is 0.542. The molecule has 1 aromatic carbocycles. The number of piperidine rings is 1. The van der Waals surface area contributed by atoms with Gasteiger partial charge in [0.05, 0.1) is 12.2 Å². The van der Waals surface area contributed by atoms with Gasteiger partial charge in [-0.25, -0.2) is 9.97 Å². The summed E-state index contributed by atoms with van der Waals surface area (Å²) in [5, 5.41) is 0. The van der Waals surface area contributed by atoms with Gasteiger partial charge in [-0.05, 0) is 25.7 Å². The highest BCUT2D eigenvalue weighted by atomic mass is 16.2. The molecule has 0 bridgehead atoms. The van der Waals surface area contributed by atoms with Crippen molar-refractivity contribution in [3.8, 4) is 11.4 Å². The Bertz CT molecular complexity index is 830. The number of carbonyl (C=O) groups is 1. The Morgan fingerprint density at radius 1 is 1.00 bits per heavy atom. The summed E-state index contributed by atoms with van der Waals surface area (Å²) in [7, 11) is 0. The number of nitrogens with zero attached hydrogens (tertiary/aromatic N) is 4. The molecule has 0 N–H and O–H groups in total. The first-order valence-corrected chi connectivity index (χ1v) is 11.2. The summed E-state index contributed by atoms with van der Waals surface area (Å²) in [6, 6.07) is 10.3. The Balaban J connectivity index is 1.64. The number of anilines is 1. The third kappa shape index (κ3) is 4.60. The van der Waals surface area contributed by atoms with Gasteiger partial charge in [0.2, 0.25) is 5.91 Å². The molecular formula is C24H32N4O. The molecule has 1 saturated heterocycles. The van der Waals surface area contributed by atoms with Gasteiger partial charge in [0.25, 0.3) is 0 Å². The molecule has 0 spiro atoms. The fourth-order valence-corrected chi connectivity index (χ4v) is 4.38. The number of fused-ring (bicyclic) bond motifs is 1. The Kier molecular flexibility index (Phi) is 6.43. The second kappa shape index (κ2) is 9.38. The number of aromatic nitrogens is 2. The van der Waals surface area contributed by atoms with Crippen molar-refractivity contribution in [2.24, 2.45) is 0 Å². The molecule has 4 rings (SSSR count). The normalized spacial score (nSPS) is 16.6. The Morgan fingerprint density at radius 3 is 2.55 bits per heavy atom. The second-order valence-corrected chi connectivity index (χ2v) is 8.23. The van der Waals surface area contributed by atoms with E-state index in [9.17, 15) is 4.79 Å². The highest BCUT2D eigenvalue weighted by Gasteiger charge is 2.28. The third-order valence-electron chi connectivity index (χ3n) is 6.07. The molecule has 0 radical (unpaired) electrons. The number of rotatable bonds is 6. The van der Waals surface area contributed by atoms with Crippen LogP contribution in [0.2, 0.25) is 0 Å². The van der Waals surface area contributed by atoms with Crippen LogP contribution in [0.25, 0.3) is 11.4 Å². The lowest BCUT2D eigenvalue weighted by atomic mass is 10.0. The molecule has 5 heteroatoms. The van der Waals surface area contributed by atoms with E-state index in [0.29, 0.717) is 13.0 Å². The number of amides is 1. The summed E-state index contributed by atoms with van der Waals surface area (Å²) in [4.78, 5) is 27.1. The largest absolute Gasteiger partial charge is 0.356 e. The van der Waals surface area contributed by atoms with Crippen LogP contribution in [0.3, 0.4) is 0 Å². The van der Waals surface area contributed by atoms with Crippen molar-refractivity contribution in [2.45, 2.75) is 64.8 Å². The zero-order valence-electron chi connectivity index (χ0n) is 17.6. The Hall–Kier alpha value is -2.43. The van der Waals surface area contributed by atoms with Crippen molar-refractivity contribution >= 4 is 11.7 Å². The van der Waals surface area contributed by atoms with Crippen molar-refractivity contribution in [3.05, 3.63) is 41.6 Å². The van der Waals surface area contributed by atoms with Crippen molar-refractivity contribution < 1.29 is 4.79 Å². The molecule has 0 saturated carbocycles. The Labute approximate surface area is 174 Å². The summed E-state index contributed by atoms with van der Waals surface area (Å²) in [6.07, 6.45) is 8.43. The monoisotopic (exact) mass is 392 g/mol. The Morgan fingerprint density at radius 2 is 1.79 bits per heavy atom. The number of unbranched alkanes of at least 4 members (excludes halogenated alkanes) is 2. The van der Waals surface area contributed by atoms with Gasteiger partial charge < -0.3 is 9.80 Å². The highest BCUT2D eigenvalue weighted by molar-refractivity contribution is 5.77. The van der Waals surface area contributed by atoms with Crippen LogP contribution in [0.4, 0.5) is 5.82 Å². The molecule has 2 aromatic rings. The van der Waals surface area contributed by atoms with Crippen molar-refractivity contribution in [1.82, 2.24) is 14.9 Å². The van der Waals surface area contributed by atoms with E-state index in [1.165, 1.54) is 24.8 Å². The molecule has 0 atom stereocenters. The third-order valence-corrected chi connectivity index (χ3v) is 6.07. The zero-order chi connectivity index (χ0) is 20.1. The predicted molar refractivity (Wildman–Crippen MR) is 117 cm³/mol. The smallest absolute Gasteiger partial charge is 0.222 e. The maximum absolute atomic E-state index is 12.7. The lowest BCUT2D eigenvalue weighted by Gasteiger charge is -2.34. The topological polar surface area (TPSA) is 49.3 Å². The molecule has 2 aliphatic heterocycles. The van der Waals surface area contributed by atoms with Crippen molar-refractivity contribution in [1.29, 1.82) is 0 Å². The second-order valence-electron chi connectivity index (χ2n) is 8.23. The van der Waals surface area contributed by atoms with Crippen LogP contribution in [-0.2, 0) is 17.8 Å². The average molecular weight is 393 g/mol. The van der Waals surface area contributed by atoms with Gasteiger partial charge in [-0.3, -0.25) is 4.79 Å². The first-order valence-electron chi connectivity index (χ1n) is 11.2. The van der Waals surface area contributed by atoms with Crippen LogP contribution < -0.4 is 4.90 Å². The molecule has 154 valence electrons. The molecule has 0 unspecified atom stereocenters.